The molecule has 1 unspecified atom stereocenters. The third kappa shape index (κ3) is 4.42. The molecule has 7 nitrogen and oxygen atoms in total. The molecular weight excluding hydrogens is 452 g/mol. The van der Waals surface area contributed by atoms with Gasteiger partial charge in [0.25, 0.3) is 0 Å². The molecule has 0 radical (unpaired) electrons. The highest BCUT2D eigenvalue weighted by Crippen LogP contribution is 2.23. The number of aromatic nitrogens is 3. The number of nitrogens with one attached hydrogen (secondary N) is 2. The Bertz CT molecular complexity index is 1510. The summed E-state index contributed by atoms with van der Waals surface area (Å²) in [6, 6.07) is 23.0. The molecule has 1 atom stereocenters. The largest absolute Gasteiger partial charge is 0.413 e. The topological polar surface area (TPSA) is 89.0 Å². The number of benzene rings is 3. The van der Waals surface area contributed by atoms with E-state index in [1.807, 2.05) is 60.7 Å². The van der Waals surface area contributed by atoms with Gasteiger partial charge in [-0.3, -0.25) is 4.79 Å². The summed E-state index contributed by atoms with van der Waals surface area (Å²) in [6.45, 7) is 0. The van der Waals surface area contributed by atoms with Crippen LogP contribution in [-0.4, -0.2) is 20.9 Å². The standard InChI is InChI=1S/C26H19ClN4O3/c27-18-11-12-21-23(13-18)28-15-22(25(21)32)24(17-7-3-1-4-8-17)30-26(33)34-20-14-29-31(16-20)19-9-5-2-6-10-19/h1-16,24H,(H,28,32)(H,30,33). The van der Waals surface area contributed by atoms with Crippen molar-refractivity contribution in [1.82, 2.24) is 20.1 Å². The maximum Gasteiger partial charge on any atom is 0.413 e. The van der Waals surface area contributed by atoms with Crippen LogP contribution in [-0.2, 0) is 0 Å². The first kappa shape index (κ1) is 21.5. The molecule has 0 saturated carbocycles. The summed E-state index contributed by atoms with van der Waals surface area (Å²) in [6.07, 6.45) is 3.94. The zero-order chi connectivity index (χ0) is 23.5. The van der Waals surface area contributed by atoms with Crippen molar-refractivity contribution in [1.29, 1.82) is 0 Å². The fourth-order valence-electron chi connectivity index (χ4n) is 3.75. The van der Waals surface area contributed by atoms with E-state index in [-0.39, 0.29) is 11.2 Å². The Morgan fingerprint density at radius 2 is 1.76 bits per heavy atom. The van der Waals surface area contributed by atoms with Gasteiger partial charge in [-0.1, -0.05) is 60.1 Å². The van der Waals surface area contributed by atoms with E-state index in [1.54, 1.807) is 35.3 Å². The lowest BCUT2D eigenvalue weighted by atomic mass is 9.98. The normalized spacial score (nSPS) is 11.8. The number of halogens is 1. The first-order chi connectivity index (χ1) is 16.6. The minimum absolute atomic E-state index is 0.212. The van der Waals surface area contributed by atoms with Crippen molar-refractivity contribution in [3.8, 4) is 11.4 Å². The fraction of sp³-hybridized carbons (Fsp3) is 0.0385. The zero-order valence-electron chi connectivity index (χ0n) is 17.8. The molecule has 0 saturated heterocycles. The number of pyridine rings is 1. The highest BCUT2D eigenvalue weighted by atomic mass is 35.5. The van der Waals surface area contributed by atoms with E-state index in [1.165, 1.54) is 6.20 Å². The summed E-state index contributed by atoms with van der Waals surface area (Å²) in [5.74, 6) is 0.273. The number of hydrogen-bond acceptors (Lipinski definition) is 4. The summed E-state index contributed by atoms with van der Waals surface area (Å²) >= 11 is 6.05. The second-order valence-electron chi connectivity index (χ2n) is 7.60. The molecule has 0 aliphatic rings. The van der Waals surface area contributed by atoms with Crippen molar-refractivity contribution in [3.05, 3.63) is 124 Å². The van der Waals surface area contributed by atoms with Crippen LogP contribution in [0.1, 0.15) is 17.2 Å². The molecule has 2 N–H and O–H groups in total. The molecule has 0 fully saturated rings. The first-order valence-electron chi connectivity index (χ1n) is 10.5. The molecule has 5 aromatic rings. The number of carbonyl (C=O) groups excluding carboxylic acids is 1. The fourth-order valence-corrected chi connectivity index (χ4v) is 3.92. The van der Waals surface area contributed by atoms with Gasteiger partial charge in [-0.15, -0.1) is 0 Å². The predicted octanol–water partition coefficient (Wildman–Crippen LogP) is 5.25. The molecular formula is C26H19ClN4O3. The van der Waals surface area contributed by atoms with Crippen LogP contribution in [0.2, 0.25) is 5.02 Å². The van der Waals surface area contributed by atoms with Gasteiger partial charge in [-0.2, -0.15) is 5.10 Å². The lowest BCUT2D eigenvalue weighted by Crippen LogP contribution is -2.34. The number of nitrogens with zero attached hydrogens (tertiary/aromatic N) is 2. The Balaban J connectivity index is 1.44. The third-order valence-corrected chi connectivity index (χ3v) is 5.60. The Labute approximate surface area is 199 Å². The van der Waals surface area contributed by atoms with Gasteiger partial charge in [0.2, 0.25) is 0 Å². The Hall–Kier alpha value is -4.36. The van der Waals surface area contributed by atoms with Gasteiger partial charge >= 0.3 is 6.09 Å². The summed E-state index contributed by atoms with van der Waals surface area (Å²) in [5.41, 5.74) is 2.35. The van der Waals surface area contributed by atoms with Crippen LogP contribution in [0.4, 0.5) is 4.79 Å². The molecule has 0 spiro atoms. The van der Waals surface area contributed by atoms with Crippen LogP contribution >= 0.6 is 11.6 Å². The Morgan fingerprint density at radius 1 is 1.03 bits per heavy atom. The number of H-pyrrole nitrogens is 1. The molecule has 34 heavy (non-hydrogen) atoms. The molecule has 3 aromatic carbocycles. The van der Waals surface area contributed by atoms with Crippen molar-refractivity contribution in [2.24, 2.45) is 0 Å². The number of ether oxygens (including phenoxy) is 1. The minimum Gasteiger partial charge on any atom is -0.407 e. The number of amides is 1. The Kier molecular flexibility index (Phi) is 5.84. The van der Waals surface area contributed by atoms with Crippen LogP contribution in [0, 0.1) is 0 Å². The van der Waals surface area contributed by atoms with Gasteiger partial charge in [0, 0.05) is 22.2 Å². The highest BCUT2D eigenvalue weighted by molar-refractivity contribution is 6.31. The minimum atomic E-state index is -0.735. The molecule has 0 aliphatic carbocycles. The molecule has 2 heterocycles. The summed E-state index contributed by atoms with van der Waals surface area (Å²) in [5, 5.41) is 8.05. The van der Waals surface area contributed by atoms with Crippen molar-refractivity contribution in [3.63, 3.8) is 0 Å². The molecule has 0 bridgehead atoms. The van der Waals surface area contributed by atoms with Gasteiger partial charge in [0.15, 0.2) is 11.2 Å². The number of carbonyl (C=O) groups is 1. The molecule has 5 rings (SSSR count). The maximum atomic E-state index is 13.3. The summed E-state index contributed by atoms with van der Waals surface area (Å²) in [7, 11) is 0. The Morgan fingerprint density at radius 3 is 2.53 bits per heavy atom. The lowest BCUT2D eigenvalue weighted by molar-refractivity contribution is 0.198. The lowest BCUT2D eigenvalue weighted by Gasteiger charge is -2.19. The number of para-hydroxylation sites is 1. The average Bonchev–Trinajstić information content (AvgIpc) is 3.32. The molecule has 1 amide bonds. The van der Waals surface area contributed by atoms with Crippen molar-refractivity contribution < 1.29 is 9.53 Å². The van der Waals surface area contributed by atoms with Crippen LogP contribution < -0.4 is 15.5 Å². The van der Waals surface area contributed by atoms with E-state index in [0.29, 0.717) is 21.5 Å². The van der Waals surface area contributed by atoms with E-state index >= 15 is 0 Å². The average molecular weight is 471 g/mol. The van der Waals surface area contributed by atoms with E-state index in [0.717, 1.165) is 11.3 Å². The predicted molar refractivity (Wildman–Crippen MR) is 131 cm³/mol. The van der Waals surface area contributed by atoms with Crippen LogP contribution in [0.25, 0.3) is 16.6 Å². The molecule has 2 aromatic heterocycles. The quantitative estimate of drug-likeness (QED) is 0.367. The van der Waals surface area contributed by atoms with E-state index in [4.69, 9.17) is 16.3 Å². The number of rotatable bonds is 5. The zero-order valence-corrected chi connectivity index (χ0v) is 18.6. The summed E-state index contributed by atoms with van der Waals surface area (Å²) in [4.78, 5) is 29.2. The second kappa shape index (κ2) is 9.25. The van der Waals surface area contributed by atoms with Crippen molar-refractivity contribution >= 4 is 28.6 Å². The van der Waals surface area contributed by atoms with Gasteiger partial charge in [-0.25, -0.2) is 9.48 Å². The number of hydrogen-bond donors (Lipinski definition) is 2. The molecule has 0 aliphatic heterocycles. The van der Waals surface area contributed by atoms with Crippen molar-refractivity contribution in [2.75, 3.05) is 0 Å². The molecule has 168 valence electrons. The van der Waals surface area contributed by atoms with Gasteiger partial charge in [0.05, 0.1) is 29.6 Å². The first-order valence-corrected chi connectivity index (χ1v) is 10.9. The van der Waals surface area contributed by atoms with Crippen LogP contribution in [0.15, 0.2) is 102 Å². The maximum absolute atomic E-state index is 13.3. The second-order valence-corrected chi connectivity index (χ2v) is 8.03. The molecule has 8 heteroatoms. The monoisotopic (exact) mass is 470 g/mol. The van der Waals surface area contributed by atoms with Gasteiger partial charge in [-0.05, 0) is 35.9 Å². The van der Waals surface area contributed by atoms with Gasteiger partial charge < -0.3 is 15.0 Å². The van der Waals surface area contributed by atoms with Gasteiger partial charge in [0.1, 0.15) is 0 Å². The SMILES string of the molecule is O=C(NC(c1ccccc1)c1c[nH]c2cc(Cl)ccc2c1=O)Oc1cnn(-c2ccccc2)c1. The summed E-state index contributed by atoms with van der Waals surface area (Å²) < 4.78 is 7.08. The number of fused-ring (bicyclic) bond motifs is 1. The third-order valence-electron chi connectivity index (χ3n) is 5.37. The van der Waals surface area contributed by atoms with E-state index in [2.05, 4.69) is 15.4 Å². The smallest absolute Gasteiger partial charge is 0.407 e. The van der Waals surface area contributed by atoms with Crippen LogP contribution in [0.5, 0.6) is 5.75 Å². The van der Waals surface area contributed by atoms with E-state index < -0.39 is 12.1 Å². The van der Waals surface area contributed by atoms with E-state index in [9.17, 15) is 9.59 Å². The number of aromatic amines is 1. The van der Waals surface area contributed by atoms with Crippen LogP contribution in [0.3, 0.4) is 0 Å². The highest BCUT2D eigenvalue weighted by Gasteiger charge is 2.22. The van der Waals surface area contributed by atoms with Crippen molar-refractivity contribution in [2.45, 2.75) is 6.04 Å².